The van der Waals surface area contributed by atoms with E-state index in [0.717, 1.165) is 34.9 Å². The molecule has 0 aliphatic heterocycles. The maximum Gasteiger partial charge on any atom is 0.434 e. The summed E-state index contributed by atoms with van der Waals surface area (Å²) in [5.41, 5.74) is -0.847. The van der Waals surface area contributed by atoms with Gasteiger partial charge in [-0.25, -0.2) is 13.8 Å². The highest BCUT2D eigenvalue weighted by atomic mass is 32.1. The van der Waals surface area contributed by atoms with E-state index in [-0.39, 0.29) is 29.6 Å². The summed E-state index contributed by atoms with van der Waals surface area (Å²) in [6.07, 6.45) is -4.48. The number of benzene rings is 1. The van der Waals surface area contributed by atoms with E-state index in [0.29, 0.717) is 0 Å². The average Bonchev–Trinajstić information content (AvgIpc) is 3.00. The van der Waals surface area contributed by atoms with E-state index < -0.39 is 23.5 Å². The van der Waals surface area contributed by atoms with Crippen LogP contribution in [0.25, 0.3) is 0 Å². The lowest BCUT2D eigenvalue weighted by atomic mass is 10.2. The molecule has 0 spiro atoms. The lowest BCUT2D eigenvalue weighted by Crippen LogP contribution is -2.36. The van der Waals surface area contributed by atoms with Gasteiger partial charge in [0, 0.05) is 24.5 Å². The molecule has 0 bridgehead atoms. The summed E-state index contributed by atoms with van der Waals surface area (Å²) >= 11 is 0.862. The predicted molar refractivity (Wildman–Crippen MR) is 80.5 cm³/mol. The zero-order valence-corrected chi connectivity index (χ0v) is 13.2. The normalized spacial score (nSPS) is 12.3. The van der Waals surface area contributed by atoms with Gasteiger partial charge < -0.3 is 10.6 Å². The van der Waals surface area contributed by atoms with Gasteiger partial charge in [0.25, 0.3) is 0 Å². The Morgan fingerprint density at radius 1 is 1.21 bits per heavy atom. The van der Waals surface area contributed by atoms with Gasteiger partial charge >= 0.3 is 6.18 Å². The van der Waals surface area contributed by atoms with Crippen LogP contribution >= 0.6 is 11.3 Å². The molecule has 0 fully saturated rings. The van der Waals surface area contributed by atoms with Gasteiger partial charge in [-0.2, -0.15) is 13.2 Å². The van der Waals surface area contributed by atoms with E-state index in [1.807, 2.05) is 0 Å². The number of guanidine groups is 1. The molecule has 2 aromatic rings. The molecule has 130 valence electrons. The number of alkyl halides is 3. The first-order chi connectivity index (χ1) is 11.3. The van der Waals surface area contributed by atoms with Crippen LogP contribution in [0.1, 0.15) is 16.3 Å². The van der Waals surface area contributed by atoms with Crippen molar-refractivity contribution in [3.05, 3.63) is 51.5 Å². The van der Waals surface area contributed by atoms with Crippen LogP contribution in [0.5, 0.6) is 0 Å². The number of aromatic nitrogens is 1. The number of thiazole rings is 1. The second-order valence-corrected chi connectivity index (χ2v) is 5.58. The minimum absolute atomic E-state index is 0.0199. The zero-order valence-electron chi connectivity index (χ0n) is 12.4. The van der Waals surface area contributed by atoms with Crippen molar-refractivity contribution >= 4 is 17.3 Å². The van der Waals surface area contributed by atoms with Crippen LogP contribution in [0, 0.1) is 11.6 Å². The lowest BCUT2D eigenvalue weighted by Gasteiger charge is -2.11. The summed E-state index contributed by atoms with van der Waals surface area (Å²) in [5, 5.41) is 6.66. The number of rotatable bonds is 4. The maximum absolute atomic E-state index is 13.5. The minimum Gasteiger partial charge on any atom is -0.352 e. The third-order valence-corrected chi connectivity index (χ3v) is 3.78. The Hall–Kier alpha value is -2.23. The van der Waals surface area contributed by atoms with Gasteiger partial charge in [-0.05, 0) is 18.2 Å². The van der Waals surface area contributed by atoms with Crippen molar-refractivity contribution < 1.29 is 22.0 Å². The van der Waals surface area contributed by atoms with E-state index in [1.54, 1.807) is 0 Å². The molecule has 0 amide bonds. The van der Waals surface area contributed by atoms with E-state index in [4.69, 9.17) is 0 Å². The number of hydrogen-bond acceptors (Lipinski definition) is 3. The molecule has 0 unspecified atom stereocenters. The monoisotopic (exact) mass is 364 g/mol. The number of nitrogens with zero attached hydrogens (tertiary/aromatic N) is 2. The largest absolute Gasteiger partial charge is 0.434 e. The fourth-order valence-electron chi connectivity index (χ4n) is 1.76. The fourth-order valence-corrected chi connectivity index (χ4v) is 2.50. The number of halogens is 5. The topological polar surface area (TPSA) is 49.3 Å². The molecule has 1 heterocycles. The molecular weight excluding hydrogens is 351 g/mol. The SMILES string of the molecule is CN=C(NCc1nc(C(F)(F)F)cs1)NCc1cc(F)ccc1F. The summed E-state index contributed by atoms with van der Waals surface area (Å²) in [6, 6.07) is 3.06. The van der Waals surface area contributed by atoms with Crippen molar-refractivity contribution in [2.24, 2.45) is 4.99 Å². The van der Waals surface area contributed by atoms with Crippen LogP contribution in [0.3, 0.4) is 0 Å². The average molecular weight is 364 g/mol. The molecule has 0 saturated heterocycles. The summed E-state index contributed by atoms with van der Waals surface area (Å²) in [4.78, 5) is 7.33. The van der Waals surface area contributed by atoms with Gasteiger partial charge in [0.1, 0.15) is 16.6 Å². The zero-order chi connectivity index (χ0) is 17.7. The van der Waals surface area contributed by atoms with Crippen molar-refractivity contribution in [2.45, 2.75) is 19.3 Å². The molecule has 0 saturated carbocycles. The molecule has 10 heteroatoms. The van der Waals surface area contributed by atoms with E-state index in [2.05, 4.69) is 20.6 Å². The number of aliphatic imine (C=N–C) groups is 1. The molecule has 24 heavy (non-hydrogen) atoms. The van der Waals surface area contributed by atoms with E-state index in [9.17, 15) is 22.0 Å². The van der Waals surface area contributed by atoms with Gasteiger partial charge in [0.05, 0.1) is 6.54 Å². The molecular formula is C14H13F5N4S. The van der Waals surface area contributed by atoms with Gasteiger partial charge in [-0.15, -0.1) is 11.3 Å². The number of nitrogens with one attached hydrogen (secondary N) is 2. The fraction of sp³-hybridized carbons (Fsp3) is 0.286. The Balaban J connectivity index is 1.91. The Kier molecular flexibility index (Phi) is 5.71. The molecule has 1 aromatic carbocycles. The summed E-state index contributed by atoms with van der Waals surface area (Å²) in [7, 11) is 1.44. The Bertz CT molecular complexity index is 726. The smallest absolute Gasteiger partial charge is 0.352 e. The molecule has 4 nitrogen and oxygen atoms in total. The van der Waals surface area contributed by atoms with E-state index in [1.165, 1.54) is 7.05 Å². The molecule has 2 rings (SSSR count). The lowest BCUT2D eigenvalue weighted by molar-refractivity contribution is -0.140. The Morgan fingerprint density at radius 3 is 2.54 bits per heavy atom. The second-order valence-electron chi connectivity index (χ2n) is 4.64. The Morgan fingerprint density at radius 2 is 1.92 bits per heavy atom. The molecule has 0 atom stereocenters. The third-order valence-electron chi connectivity index (χ3n) is 2.93. The molecule has 2 N–H and O–H groups in total. The highest BCUT2D eigenvalue weighted by molar-refractivity contribution is 7.09. The molecule has 0 aliphatic rings. The van der Waals surface area contributed by atoms with Crippen LogP contribution in [-0.2, 0) is 19.3 Å². The predicted octanol–water partition coefficient (Wildman–Crippen LogP) is 3.31. The minimum atomic E-state index is -4.48. The van der Waals surface area contributed by atoms with Gasteiger partial charge in [0.2, 0.25) is 0 Å². The molecule has 0 aliphatic carbocycles. The third kappa shape index (κ3) is 4.88. The second kappa shape index (κ2) is 7.56. The van der Waals surface area contributed by atoms with Crippen molar-refractivity contribution in [2.75, 3.05) is 7.05 Å². The Labute approximate surface area is 138 Å². The van der Waals surface area contributed by atoms with Crippen LogP contribution < -0.4 is 10.6 Å². The van der Waals surface area contributed by atoms with Crippen molar-refractivity contribution in [3.63, 3.8) is 0 Å². The summed E-state index contributed by atoms with van der Waals surface area (Å²) in [6.45, 7) is -0.0129. The number of hydrogen-bond donors (Lipinski definition) is 2. The van der Waals surface area contributed by atoms with Gasteiger partial charge in [-0.1, -0.05) is 0 Å². The van der Waals surface area contributed by atoms with Gasteiger partial charge in [0.15, 0.2) is 11.7 Å². The molecule has 0 radical (unpaired) electrons. The van der Waals surface area contributed by atoms with Crippen molar-refractivity contribution in [1.29, 1.82) is 0 Å². The first-order valence-electron chi connectivity index (χ1n) is 6.69. The van der Waals surface area contributed by atoms with Crippen LogP contribution in [0.2, 0.25) is 0 Å². The maximum atomic E-state index is 13.5. The van der Waals surface area contributed by atoms with E-state index >= 15 is 0 Å². The van der Waals surface area contributed by atoms with Crippen LogP contribution in [0.15, 0.2) is 28.6 Å². The van der Waals surface area contributed by atoms with Crippen LogP contribution in [-0.4, -0.2) is 18.0 Å². The molecule has 1 aromatic heterocycles. The summed E-state index contributed by atoms with van der Waals surface area (Å²) in [5.74, 6) is -0.921. The first-order valence-corrected chi connectivity index (χ1v) is 7.57. The standard InChI is InChI=1S/C14H13F5N4S/c1-20-13(21-5-8-4-9(15)2-3-10(8)16)22-6-12-23-11(7-24-12)14(17,18)19/h2-4,7H,5-6H2,1H3,(H2,20,21,22). The van der Waals surface area contributed by atoms with Crippen molar-refractivity contribution in [1.82, 2.24) is 15.6 Å². The first kappa shape index (κ1) is 18.1. The highest BCUT2D eigenvalue weighted by Gasteiger charge is 2.33. The van der Waals surface area contributed by atoms with Gasteiger partial charge in [-0.3, -0.25) is 4.99 Å². The summed E-state index contributed by atoms with van der Waals surface area (Å²) < 4.78 is 64.0. The quantitative estimate of drug-likeness (QED) is 0.497. The van der Waals surface area contributed by atoms with Crippen molar-refractivity contribution in [3.8, 4) is 0 Å². The highest BCUT2D eigenvalue weighted by Crippen LogP contribution is 2.29. The van der Waals surface area contributed by atoms with Crippen LogP contribution in [0.4, 0.5) is 22.0 Å².